The van der Waals surface area contributed by atoms with E-state index in [2.05, 4.69) is 0 Å². The second-order valence-corrected chi connectivity index (χ2v) is 7.33. The van der Waals surface area contributed by atoms with E-state index in [0.717, 1.165) is 24.5 Å². The van der Waals surface area contributed by atoms with Crippen LogP contribution in [0.15, 0.2) is 54.6 Å². The first kappa shape index (κ1) is 19.5. The minimum atomic E-state index is -4.58. The van der Waals surface area contributed by atoms with Crippen LogP contribution in [0.4, 0.5) is 22.4 Å². The van der Waals surface area contributed by atoms with Crippen molar-refractivity contribution in [2.75, 3.05) is 0 Å². The third kappa shape index (κ3) is 3.99. The highest BCUT2D eigenvalue weighted by Gasteiger charge is 2.41. The molecule has 2 bridgehead atoms. The van der Waals surface area contributed by atoms with Crippen LogP contribution >= 0.6 is 0 Å². The van der Waals surface area contributed by atoms with Gasteiger partial charge in [-0.05, 0) is 42.5 Å². The van der Waals surface area contributed by atoms with Gasteiger partial charge in [0.15, 0.2) is 0 Å². The first-order chi connectivity index (χ1) is 13.8. The molecule has 0 aromatic heterocycles. The molecule has 3 nitrogen and oxygen atoms in total. The van der Waals surface area contributed by atoms with Crippen molar-refractivity contribution in [2.24, 2.45) is 0 Å². The molecular weight excluding hydrogens is 386 g/mol. The van der Waals surface area contributed by atoms with Crippen molar-refractivity contribution >= 4 is 11.7 Å². The smallest absolute Gasteiger partial charge is 0.416 e. The van der Waals surface area contributed by atoms with Crippen molar-refractivity contribution in [3.8, 4) is 0 Å². The maximum atomic E-state index is 14.4. The molecule has 2 atom stereocenters. The minimum absolute atomic E-state index is 0.148. The topological polar surface area (TPSA) is 29.5 Å². The third-order valence-electron chi connectivity index (χ3n) is 5.45. The number of hydrogen-bond donors (Lipinski definition) is 0. The van der Waals surface area contributed by atoms with Crippen LogP contribution in [-0.2, 0) is 17.5 Å². The molecule has 2 aliphatic heterocycles. The Morgan fingerprint density at radius 2 is 1.86 bits per heavy atom. The van der Waals surface area contributed by atoms with Gasteiger partial charge >= 0.3 is 12.3 Å². The summed E-state index contributed by atoms with van der Waals surface area (Å²) in [5, 5.41) is 0. The predicted molar refractivity (Wildman–Crippen MR) is 99.3 cm³/mol. The summed E-state index contributed by atoms with van der Waals surface area (Å²) in [4.78, 5) is 14.2. The van der Waals surface area contributed by atoms with E-state index in [1.807, 2.05) is 30.3 Å². The van der Waals surface area contributed by atoms with E-state index in [4.69, 9.17) is 4.74 Å². The number of carbonyl (C=O) groups is 1. The SMILES string of the molecule is O=C(OCc1ccccc1)N1C2C=C(c3ccc(C(F)(F)F)cc3F)CC1CC2. The maximum Gasteiger partial charge on any atom is 0.416 e. The standard InChI is InChI=1S/C22H19F4NO2/c23-20-12-16(22(24,25)26)6-9-19(20)15-10-17-7-8-18(11-15)27(17)21(28)29-13-14-4-2-1-3-5-14/h1-6,9-10,12,17-18H,7-8,11,13H2. The van der Waals surface area contributed by atoms with E-state index in [1.54, 1.807) is 11.0 Å². The summed E-state index contributed by atoms with van der Waals surface area (Å²) in [6, 6.07) is 11.5. The number of halogens is 4. The first-order valence-electron chi connectivity index (χ1n) is 9.40. The maximum absolute atomic E-state index is 14.4. The summed E-state index contributed by atoms with van der Waals surface area (Å²) in [5.41, 5.74) is 0.667. The molecule has 4 rings (SSSR count). The Kier molecular flexibility index (Phi) is 5.06. The summed E-state index contributed by atoms with van der Waals surface area (Å²) in [6.07, 6.45) is -1.38. The molecule has 2 heterocycles. The van der Waals surface area contributed by atoms with Gasteiger partial charge in [-0.2, -0.15) is 13.2 Å². The summed E-state index contributed by atoms with van der Waals surface area (Å²) in [7, 11) is 0. The normalized spacial score (nSPS) is 21.1. The van der Waals surface area contributed by atoms with Gasteiger partial charge in [0.25, 0.3) is 0 Å². The van der Waals surface area contributed by atoms with Crippen LogP contribution in [-0.4, -0.2) is 23.1 Å². The predicted octanol–water partition coefficient (Wildman–Crippen LogP) is 5.80. The number of rotatable bonds is 3. The molecule has 29 heavy (non-hydrogen) atoms. The lowest BCUT2D eigenvalue weighted by atomic mass is 9.94. The Hall–Kier alpha value is -2.83. The highest BCUT2D eigenvalue weighted by atomic mass is 19.4. The van der Waals surface area contributed by atoms with E-state index in [1.165, 1.54) is 6.07 Å². The molecule has 0 N–H and O–H groups in total. The van der Waals surface area contributed by atoms with Crippen molar-refractivity contribution in [1.29, 1.82) is 0 Å². The van der Waals surface area contributed by atoms with E-state index >= 15 is 0 Å². The molecule has 7 heteroatoms. The molecule has 2 aromatic carbocycles. The van der Waals surface area contributed by atoms with Crippen molar-refractivity contribution in [3.05, 3.63) is 77.1 Å². The zero-order valence-corrected chi connectivity index (χ0v) is 15.5. The van der Waals surface area contributed by atoms with Gasteiger partial charge in [0.2, 0.25) is 0 Å². The number of amides is 1. The molecule has 0 saturated carbocycles. The van der Waals surface area contributed by atoms with Gasteiger partial charge in [0.1, 0.15) is 12.4 Å². The minimum Gasteiger partial charge on any atom is -0.445 e. The average Bonchev–Trinajstić information content (AvgIpc) is 2.96. The molecule has 2 unspecified atom stereocenters. The van der Waals surface area contributed by atoms with E-state index in [-0.39, 0.29) is 24.3 Å². The van der Waals surface area contributed by atoms with Gasteiger partial charge in [0.05, 0.1) is 11.6 Å². The molecule has 1 amide bonds. The van der Waals surface area contributed by atoms with Crippen molar-refractivity contribution in [1.82, 2.24) is 4.90 Å². The quantitative estimate of drug-likeness (QED) is 0.604. The Labute approximate surface area is 165 Å². The molecule has 0 aliphatic carbocycles. The van der Waals surface area contributed by atoms with Crippen molar-refractivity contribution in [2.45, 2.75) is 44.1 Å². The number of hydrogen-bond acceptors (Lipinski definition) is 2. The molecular formula is C22H19F4NO2. The second-order valence-electron chi connectivity index (χ2n) is 7.33. The molecule has 0 spiro atoms. The van der Waals surface area contributed by atoms with Crippen LogP contribution in [0.25, 0.3) is 5.57 Å². The van der Waals surface area contributed by atoms with Crippen LogP contribution in [0.1, 0.15) is 36.0 Å². The summed E-state index contributed by atoms with van der Waals surface area (Å²) in [5.74, 6) is -0.898. The Morgan fingerprint density at radius 1 is 1.10 bits per heavy atom. The van der Waals surface area contributed by atoms with Crippen LogP contribution in [0, 0.1) is 5.82 Å². The highest BCUT2D eigenvalue weighted by Crippen LogP contribution is 2.40. The van der Waals surface area contributed by atoms with Gasteiger partial charge in [-0.25, -0.2) is 9.18 Å². The second kappa shape index (κ2) is 7.54. The van der Waals surface area contributed by atoms with Gasteiger partial charge in [0, 0.05) is 11.6 Å². The number of carbonyl (C=O) groups excluding carboxylic acids is 1. The number of fused-ring (bicyclic) bond motifs is 2. The average molecular weight is 405 g/mol. The van der Waals surface area contributed by atoms with Crippen LogP contribution in [0.2, 0.25) is 0 Å². The van der Waals surface area contributed by atoms with Crippen LogP contribution in [0.3, 0.4) is 0 Å². The zero-order valence-electron chi connectivity index (χ0n) is 15.5. The Balaban J connectivity index is 1.49. The molecule has 1 fully saturated rings. The molecule has 0 radical (unpaired) electrons. The summed E-state index contributed by atoms with van der Waals surface area (Å²) < 4.78 is 58.1. The fourth-order valence-electron chi connectivity index (χ4n) is 4.06. The summed E-state index contributed by atoms with van der Waals surface area (Å²) in [6.45, 7) is 0.166. The molecule has 152 valence electrons. The zero-order chi connectivity index (χ0) is 20.6. The fourth-order valence-corrected chi connectivity index (χ4v) is 4.06. The fraction of sp³-hybridized carbons (Fsp3) is 0.318. The van der Waals surface area contributed by atoms with Crippen molar-refractivity contribution < 1.29 is 27.1 Å². The van der Waals surface area contributed by atoms with Gasteiger partial charge in [-0.1, -0.05) is 42.5 Å². The lowest BCUT2D eigenvalue weighted by Gasteiger charge is -2.33. The molecule has 2 aromatic rings. The van der Waals surface area contributed by atoms with Crippen molar-refractivity contribution in [3.63, 3.8) is 0 Å². The third-order valence-corrected chi connectivity index (χ3v) is 5.45. The van der Waals surface area contributed by atoms with E-state index < -0.39 is 23.7 Å². The summed E-state index contributed by atoms with van der Waals surface area (Å²) >= 11 is 0. The lowest BCUT2D eigenvalue weighted by molar-refractivity contribution is -0.137. The van der Waals surface area contributed by atoms with E-state index in [0.29, 0.717) is 18.1 Å². The lowest BCUT2D eigenvalue weighted by Crippen LogP contribution is -2.43. The highest BCUT2D eigenvalue weighted by molar-refractivity contribution is 5.75. The monoisotopic (exact) mass is 405 g/mol. The van der Waals surface area contributed by atoms with Gasteiger partial charge < -0.3 is 4.74 Å². The van der Waals surface area contributed by atoms with Gasteiger partial charge in [-0.3, -0.25) is 4.90 Å². The Bertz CT molecular complexity index is 940. The van der Waals surface area contributed by atoms with Gasteiger partial charge in [-0.15, -0.1) is 0 Å². The largest absolute Gasteiger partial charge is 0.445 e. The molecule has 1 saturated heterocycles. The number of ether oxygens (including phenoxy) is 1. The number of nitrogens with zero attached hydrogens (tertiary/aromatic N) is 1. The Morgan fingerprint density at radius 3 is 2.52 bits per heavy atom. The number of benzene rings is 2. The number of alkyl halides is 3. The van der Waals surface area contributed by atoms with Crippen LogP contribution in [0.5, 0.6) is 0 Å². The molecule has 2 aliphatic rings. The van der Waals surface area contributed by atoms with E-state index in [9.17, 15) is 22.4 Å². The van der Waals surface area contributed by atoms with Crippen LogP contribution < -0.4 is 0 Å². The first-order valence-corrected chi connectivity index (χ1v) is 9.40.